The van der Waals surface area contributed by atoms with Gasteiger partial charge in [-0.3, -0.25) is 4.79 Å². The first kappa shape index (κ1) is 26.0. The predicted octanol–water partition coefficient (Wildman–Crippen LogP) is 4.36. The van der Waals surface area contributed by atoms with Crippen LogP contribution in [0.25, 0.3) is 0 Å². The number of aliphatic hydroxyl groups is 1. The molecule has 0 aliphatic carbocycles. The molecule has 9 atom stereocenters. The van der Waals surface area contributed by atoms with Crippen LogP contribution in [0.1, 0.15) is 67.2 Å². The molecule has 0 aromatic carbocycles. The summed E-state index contributed by atoms with van der Waals surface area (Å²) in [6, 6.07) is 0. The average molecular weight is 439 g/mol. The summed E-state index contributed by atoms with van der Waals surface area (Å²) in [5, 5.41) is 19.0. The summed E-state index contributed by atoms with van der Waals surface area (Å²) in [7, 11) is 1.63. The van der Waals surface area contributed by atoms with Gasteiger partial charge in [0.15, 0.2) is 0 Å². The Morgan fingerprint density at radius 2 is 1.97 bits per heavy atom. The van der Waals surface area contributed by atoms with E-state index in [0.29, 0.717) is 11.8 Å². The number of carboxylic acids is 1. The number of hydrogen-bond acceptors (Lipinski definition) is 5. The lowest BCUT2D eigenvalue weighted by atomic mass is 9.85. The molecule has 0 bridgehead atoms. The summed E-state index contributed by atoms with van der Waals surface area (Å²) in [6.07, 6.45) is 8.21. The van der Waals surface area contributed by atoms with Gasteiger partial charge in [-0.05, 0) is 57.4 Å². The molecular weight excluding hydrogens is 396 g/mol. The van der Waals surface area contributed by atoms with Crippen molar-refractivity contribution in [3.05, 3.63) is 23.8 Å². The van der Waals surface area contributed by atoms with E-state index in [1.807, 2.05) is 0 Å². The molecule has 0 unspecified atom stereocenters. The predicted molar refractivity (Wildman–Crippen MR) is 121 cm³/mol. The highest BCUT2D eigenvalue weighted by Crippen LogP contribution is 2.47. The molecule has 31 heavy (non-hydrogen) atoms. The van der Waals surface area contributed by atoms with Crippen molar-refractivity contribution in [2.24, 2.45) is 17.8 Å². The summed E-state index contributed by atoms with van der Waals surface area (Å²) < 4.78 is 17.6. The van der Waals surface area contributed by atoms with Crippen LogP contribution >= 0.6 is 0 Å². The second kappa shape index (κ2) is 11.1. The van der Waals surface area contributed by atoms with Crippen LogP contribution in [0.2, 0.25) is 0 Å². The van der Waals surface area contributed by atoms with Gasteiger partial charge >= 0.3 is 5.97 Å². The highest BCUT2D eigenvalue weighted by atomic mass is 16.6. The van der Waals surface area contributed by atoms with Gasteiger partial charge in [0.2, 0.25) is 0 Å². The minimum absolute atomic E-state index is 0.0287. The number of carbonyl (C=O) groups is 1. The van der Waals surface area contributed by atoms with Crippen molar-refractivity contribution >= 4 is 5.97 Å². The first-order valence-electron chi connectivity index (χ1n) is 11.6. The molecule has 0 amide bonds. The third kappa shape index (κ3) is 7.14. The fourth-order valence-corrected chi connectivity index (χ4v) is 5.22. The smallest absolute Gasteiger partial charge is 0.305 e. The van der Waals surface area contributed by atoms with Crippen molar-refractivity contribution in [1.82, 2.24) is 0 Å². The number of methoxy groups -OCH3 is 1. The molecule has 2 rings (SSSR count). The van der Waals surface area contributed by atoms with Crippen molar-refractivity contribution in [1.29, 1.82) is 0 Å². The highest BCUT2D eigenvalue weighted by molar-refractivity contribution is 5.67. The fraction of sp³-hybridized carbons (Fsp3) is 0.800. The number of rotatable bonds is 11. The van der Waals surface area contributed by atoms with Gasteiger partial charge in [0.1, 0.15) is 0 Å². The molecule has 0 saturated carbocycles. The number of carboxylic acid groups (broad SMARTS) is 1. The molecule has 2 aliphatic heterocycles. The van der Waals surface area contributed by atoms with E-state index in [-0.39, 0.29) is 42.4 Å². The van der Waals surface area contributed by atoms with Crippen molar-refractivity contribution in [2.75, 3.05) is 7.11 Å². The van der Waals surface area contributed by atoms with Gasteiger partial charge in [0.05, 0.1) is 42.5 Å². The van der Waals surface area contributed by atoms with Gasteiger partial charge in [-0.25, -0.2) is 0 Å². The minimum Gasteiger partial charge on any atom is -0.481 e. The number of allylic oxidation sites excluding steroid dienone is 3. The van der Waals surface area contributed by atoms with E-state index in [2.05, 4.69) is 52.8 Å². The molecule has 2 aliphatic rings. The van der Waals surface area contributed by atoms with Crippen molar-refractivity contribution in [3.8, 4) is 0 Å². The van der Waals surface area contributed by atoms with Crippen LogP contribution in [0.15, 0.2) is 23.8 Å². The van der Waals surface area contributed by atoms with Crippen molar-refractivity contribution in [2.45, 2.75) is 103 Å². The van der Waals surface area contributed by atoms with Gasteiger partial charge in [-0.1, -0.05) is 39.0 Å². The van der Waals surface area contributed by atoms with Gasteiger partial charge in [0, 0.05) is 13.0 Å². The monoisotopic (exact) mass is 438 g/mol. The van der Waals surface area contributed by atoms with Crippen LogP contribution in [0, 0.1) is 17.8 Å². The van der Waals surface area contributed by atoms with E-state index in [4.69, 9.17) is 19.3 Å². The lowest BCUT2D eigenvalue weighted by Gasteiger charge is -2.35. The third-order valence-corrected chi connectivity index (χ3v) is 6.86. The zero-order chi connectivity index (χ0) is 23.3. The van der Waals surface area contributed by atoms with E-state index < -0.39 is 12.1 Å². The second-order valence-corrected chi connectivity index (χ2v) is 9.96. The molecular formula is C25H42O6. The van der Waals surface area contributed by atoms with Gasteiger partial charge in [-0.2, -0.15) is 0 Å². The van der Waals surface area contributed by atoms with Crippen molar-refractivity contribution < 1.29 is 29.2 Å². The van der Waals surface area contributed by atoms with Gasteiger partial charge in [0.25, 0.3) is 0 Å². The molecule has 2 saturated heterocycles. The molecule has 0 spiro atoms. The highest BCUT2D eigenvalue weighted by Gasteiger charge is 2.56. The Morgan fingerprint density at radius 1 is 1.29 bits per heavy atom. The van der Waals surface area contributed by atoms with E-state index in [1.54, 1.807) is 14.0 Å². The number of aliphatic carboxylic acids is 1. The summed E-state index contributed by atoms with van der Waals surface area (Å²) >= 11 is 0. The number of ether oxygens (including phenoxy) is 3. The minimum atomic E-state index is -0.803. The standard InChI is InChI=1S/C25H42O6/c1-15(14-25(6)24(31-25)18(4)23(29-7)19(5)26)9-8-10-16(2)22-17(3)11-12-20(30-22)13-21(27)28/h8-10,15,17-20,22-24,26H,11-14H2,1-7H3,(H,27,28)/b9-8+,16-10+/t15-,17+,18-,19-,20-,22-,23-,24-,25-/m1/s1. The fourth-order valence-electron chi connectivity index (χ4n) is 5.22. The van der Waals surface area contributed by atoms with Gasteiger partial charge in [-0.15, -0.1) is 0 Å². The lowest BCUT2D eigenvalue weighted by molar-refractivity contribution is -0.143. The number of epoxide rings is 1. The maximum Gasteiger partial charge on any atom is 0.305 e. The largest absolute Gasteiger partial charge is 0.481 e. The molecule has 6 heteroatoms. The van der Waals surface area contributed by atoms with E-state index in [0.717, 1.165) is 24.8 Å². The van der Waals surface area contributed by atoms with E-state index in [9.17, 15) is 9.90 Å². The first-order chi connectivity index (χ1) is 14.5. The van der Waals surface area contributed by atoms with Crippen LogP contribution < -0.4 is 0 Å². The molecule has 178 valence electrons. The Bertz CT molecular complexity index is 656. The molecule has 6 nitrogen and oxygen atoms in total. The molecule has 2 fully saturated rings. The zero-order valence-corrected chi connectivity index (χ0v) is 20.2. The molecule has 0 aromatic heterocycles. The SMILES string of the molecule is CO[C@H]([C@@H](C)[C@H]1O[C@]1(C)C[C@H](C)/C=C/C=C(\C)[C@H]1O[C@@H](CC(=O)O)CC[C@@H]1C)[C@@H](C)O. The summed E-state index contributed by atoms with van der Waals surface area (Å²) in [5.74, 6) is 0.0402. The quantitative estimate of drug-likeness (QED) is 0.368. The number of hydrogen-bond donors (Lipinski definition) is 2. The van der Waals surface area contributed by atoms with Crippen molar-refractivity contribution in [3.63, 3.8) is 0 Å². The van der Waals surface area contributed by atoms with Crippen LogP contribution in [0.3, 0.4) is 0 Å². The number of aliphatic hydroxyl groups excluding tert-OH is 1. The lowest BCUT2D eigenvalue weighted by Crippen LogP contribution is -2.36. The van der Waals surface area contributed by atoms with E-state index in [1.165, 1.54) is 0 Å². The summed E-state index contributed by atoms with van der Waals surface area (Å²) in [5.41, 5.74) is 0.935. The van der Waals surface area contributed by atoms with E-state index >= 15 is 0 Å². The second-order valence-electron chi connectivity index (χ2n) is 9.96. The Balaban J connectivity index is 1.89. The topological polar surface area (TPSA) is 88.5 Å². The molecule has 2 N–H and O–H groups in total. The van der Waals surface area contributed by atoms with Gasteiger partial charge < -0.3 is 24.4 Å². The average Bonchev–Trinajstić information content (AvgIpc) is 3.33. The Hall–Kier alpha value is -1.21. The third-order valence-electron chi connectivity index (χ3n) is 6.86. The Labute approximate surface area is 187 Å². The summed E-state index contributed by atoms with van der Waals surface area (Å²) in [6.45, 7) is 12.4. The van der Waals surface area contributed by atoms with Crippen LogP contribution in [0.5, 0.6) is 0 Å². The Kier molecular flexibility index (Phi) is 9.31. The molecule has 0 aromatic rings. The maximum atomic E-state index is 11.0. The summed E-state index contributed by atoms with van der Waals surface area (Å²) in [4.78, 5) is 11.0. The van der Waals surface area contributed by atoms with Crippen LogP contribution in [-0.2, 0) is 19.0 Å². The molecule has 0 radical (unpaired) electrons. The first-order valence-corrected chi connectivity index (χ1v) is 11.6. The Morgan fingerprint density at radius 3 is 2.55 bits per heavy atom. The zero-order valence-electron chi connectivity index (χ0n) is 20.2. The van der Waals surface area contributed by atoms with Crippen LogP contribution in [0.4, 0.5) is 0 Å². The maximum absolute atomic E-state index is 11.0. The molecule has 2 heterocycles. The normalized spacial score (nSPS) is 35.5. The van der Waals surface area contributed by atoms with Crippen LogP contribution in [-0.4, -0.2) is 59.4 Å².